The van der Waals surface area contributed by atoms with Crippen molar-refractivity contribution in [1.29, 1.82) is 0 Å². The third-order valence-electron chi connectivity index (χ3n) is 12.7. The van der Waals surface area contributed by atoms with E-state index in [0.29, 0.717) is 49.5 Å². The topological polar surface area (TPSA) is 199 Å². The molecule has 0 bridgehead atoms. The zero-order chi connectivity index (χ0) is 46.6. The van der Waals surface area contributed by atoms with Crippen molar-refractivity contribution in [3.8, 4) is 23.0 Å². The molecule has 4 amide bonds. The van der Waals surface area contributed by atoms with Crippen LogP contribution in [0.1, 0.15) is 70.3 Å². The Morgan fingerprint density at radius 3 is 2.44 bits per heavy atom. The van der Waals surface area contributed by atoms with Gasteiger partial charge in [-0.2, -0.15) is 18.2 Å². The molecular formula is C46H44F4N6O9S. The Morgan fingerprint density at radius 2 is 1.71 bits per heavy atom. The van der Waals surface area contributed by atoms with Gasteiger partial charge in [0.2, 0.25) is 27.4 Å². The number of nitrogens with one attached hydrogen (secondary N) is 3. The number of carbonyl (C=O) groups is 4. The summed E-state index contributed by atoms with van der Waals surface area (Å²) >= 11 is 0. The summed E-state index contributed by atoms with van der Waals surface area (Å²) in [6.45, 7) is 1.27. The number of fused-ring (bicyclic) bond motifs is 5. The number of nitrogens with zero attached hydrogens (tertiary/aromatic N) is 3. The predicted molar refractivity (Wildman–Crippen MR) is 230 cm³/mol. The van der Waals surface area contributed by atoms with Gasteiger partial charge in [0.05, 0.1) is 16.9 Å². The Bertz CT molecular complexity index is 2870. The molecule has 20 heteroatoms. The molecule has 0 spiro atoms. The summed E-state index contributed by atoms with van der Waals surface area (Å²) in [6.07, 6.45) is 0.150. The second-order valence-electron chi connectivity index (χ2n) is 17.4. The maximum absolute atomic E-state index is 14.8. The van der Waals surface area contributed by atoms with Crippen LogP contribution in [0.25, 0.3) is 33.5 Å². The number of amides is 4. The normalized spacial score (nSPS) is 24.3. The van der Waals surface area contributed by atoms with Crippen LogP contribution in [0.15, 0.2) is 89.4 Å². The second-order valence-corrected chi connectivity index (χ2v) is 19.6. The standard InChI is InChI=1S/C46H44F4N6O9S/c1-44(21-22-44)66(61,62)55-42(59)45-24-28(45)9-5-3-2-4-6-11-33(51-43(60)64-30-19-17-29(47)18-20-30)41(58)56-25-31(23-34(56)39(57)54-45)63-40-37-36(32-10-7-8-12-35(32)65-37)52-38(53-40)26-13-15-27(16-14-26)46(48,49)50/h5,7-10,12-20,28,31,33-34H,2-4,6,11,21-25H2,1H3,(H,51,60)(H,54,57)(H,55,59)/t28-,31-,33+,34+,45-/m1/s1. The van der Waals surface area contributed by atoms with Crippen molar-refractivity contribution in [2.24, 2.45) is 5.92 Å². The second kappa shape index (κ2) is 17.0. The number of allylic oxidation sites excluding steroid dienone is 1. The molecule has 2 aliphatic carbocycles. The van der Waals surface area contributed by atoms with Gasteiger partial charge < -0.3 is 29.4 Å². The lowest BCUT2D eigenvalue weighted by molar-refractivity contribution is -0.141. The van der Waals surface area contributed by atoms with E-state index in [9.17, 15) is 45.2 Å². The molecule has 5 atom stereocenters. The Kier molecular flexibility index (Phi) is 11.5. The van der Waals surface area contributed by atoms with Crippen LogP contribution >= 0.6 is 0 Å². The van der Waals surface area contributed by atoms with E-state index < -0.39 is 85.8 Å². The highest BCUT2D eigenvalue weighted by Gasteiger charge is 2.63. The molecule has 2 aliphatic heterocycles. The molecule has 3 fully saturated rings. The third kappa shape index (κ3) is 8.89. The van der Waals surface area contributed by atoms with Gasteiger partial charge in [-0.3, -0.25) is 19.1 Å². The summed E-state index contributed by atoms with van der Waals surface area (Å²) < 4.78 is 99.8. The van der Waals surface area contributed by atoms with Crippen LogP contribution in [-0.2, 0) is 30.6 Å². The van der Waals surface area contributed by atoms with Crippen LogP contribution in [0.5, 0.6) is 11.6 Å². The van der Waals surface area contributed by atoms with E-state index in [1.807, 2.05) is 6.08 Å². The molecular weight excluding hydrogens is 889 g/mol. The highest BCUT2D eigenvalue weighted by molar-refractivity contribution is 7.91. The third-order valence-corrected chi connectivity index (χ3v) is 14.9. The Morgan fingerprint density at radius 1 is 0.970 bits per heavy atom. The summed E-state index contributed by atoms with van der Waals surface area (Å²) in [5.41, 5.74) is -1.54. The number of ether oxygens (including phenoxy) is 2. The number of benzene rings is 3. The van der Waals surface area contributed by atoms with E-state index in [2.05, 4.69) is 25.3 Å². The van der Waals surface area contributed by atoms with Gasteiger partial charge in [0.15, 0.2) is 5.82 Å². The number of para-hydroxylation sites is 1. The Labute approximate surface area is 375 Å². The number of alkyl halides is 3. The maximum Gasteiger partial charge on any atom is 0.416 e. The van der Waals surface area contributed by atoms with Gasteiger partial charge in [0, 0.05) is 23.3 Å². The summed E-state index contributed by atoms with van der Waals surface area (Å²) in [5, 5.41) is 5.98. The van der Waals surface area contributed by atoms with Gasteiger partial charge in [0.25, 0.3) is 11.8 Å². The van der Waals surface area contributed by atoms with Crippen molar-refractivity contribution in [3.05, 3.63) is 96.3 Å². The Balaban J connectivity index is 1.06. The monoisotopic (exact) mass is 932 g/mol. The van der Waals surface area contributed by atoms with Crippen LogP contribution in [0, 0.1) is 11.7 Å². The number of sulfonamides is 1. The number of hydrogen-bond acceptors (Lipinski definition) is 11. The van der Waals surface area contributed by atoms with E-state index in [-0.39, 0.29) is 59.9 Å². The first-order valence-corrected chi connectivity index (χ1v) is 23.0. The molecule has 4 aliphatic rings. The zero-order valence-electron chi connectivity index (χ0n) is 35.4. The summed E-state index contributed by atoms with van der Waals surface area (Å²) in [5.74, 6) is -3.63. The number of hydrogen-bond donors (Lipinski definition) is 3. The lowest BCUT2D eigenvalue weighted by Crippen LogP contribution is -2.58. The van der Waals surface area contributed by atoms with E-state index in [1.165, 1.54) is 36.1 Å². The van der Waals surface area contributed by atoms with Gasteiger partial charge >= 0.3 is 12.3 Å². The van der Waals surface area contributed by atoms with Crippen molar-refractivity contribution in [1.82, 2.24) is 30.2 Å². The van der Waals surface area contributed by atoms with Crippen molar-refractivity contribution in [2.45, 2.75) is 99.4 Å². The summed E-state index contributed by atoms with van der Waals surface area (Å²) in [7, 11) is -4.10. The molecule has 5 aromatic rings. The SMILES string of the molecule is CC1(S(=O)(=O)NC(=O)[C@@]23C[C@H]2C=CCCCCC[C@H](NC(=O)Oc2ccc(F)cc2)C(=O)N2C[C@H](Oc4nc(-c5ccc(C(F)(F)F)cc5)nc5c4oc4ccccc45)C[C@H]2C(=O)N3)CC1. The van der Waals surface area contributed by atoms with Gasteiger partial charge in [-0.15, -0.1) is 0 Å². The lowest BCUT2D eigenvalue weighted by Gasteiger charge is -2.29. The van der Waals surface area contributed by atoms with Crippen LogP contribution in [0.3, 0.4) is 0 Å². The zero-order valence-corrected chi connectivity index (χ0v) is 36.2. The number of furan rings is 1. The van der Waals surface area contributed by atoms with Gasteiger partial charge in [0.1, 0.15) is 46.4 Å². The smallest absolute Gasteiger partial charge is 0.416 e. The van der Waals surface area contributed by atoms with Gasteiger partial charge in [-0.1, -0.05) is 49.3 Å². The minimum atomic E-state index is -4.59. The van der Waals surface area contributed by atoms with Crippen LogP contribution in [-0.4, -0.2) is 82.1 Å². The molecule has 4 heterocycles. The molecule has 2 aromatic heterocycles. The number of rotatable bonds is 8. The molecule has 2 saturated carbocycles. The van der Waals surface area contributed by atoms with Crippen molar-refractivity contribution in [3.63, 3.8) is 0 Å². The minimum absolute atomic E-state index is 0.000774. The van der Waals surface area contributed by atoms with E-state index >= 15 is 0 Å². The van der Waals surface area contributed by atoms with Crippen LogP contribution in [0.4, 0.5) is 22.4 Å². The average molecular weight is 933 g/mol. The number of carbonyl (C=O) groups excluding carboxylic acids is 4. The van der Waals surface area contributed by atoms with Crippen molar-refractivity contribution < 1.29 is 59.0 Å². The Hall–Kier alpha value is -6.57. The molecule has 0 radical (unpaired) electrons. The van der Waals surface area contributed by atoms with Crippen LogP contribution < -0.4 is 24.8 Å². The lowest BCUT2D eigenvalue weighted by atomic mass is 10.0. The molecule has 15 nitrogen and oxygen atoms in total. The fourth-order valence-corrected chi connectivity index (χ4v) is 9.78. The molecule has 9 rings (SSSR count). The van der Waals surface area contributed by atoms with Gasteiger partial charge in [-0.25, -0.2) is 22.6 Å². The highest BCUT2D eigenvalue weighted by atomic mass is 32.2. The molecule has 3 N–H and O–H groups in total. The van der Waals surface area contributed by atoms with E-state index in [1.54, 1.807) is 30.3 Å². The van der Waals surface area contributed by atoms with E-state index in [4.69, 9.17) is 13.9 Å². The first-order chi connectivity index (χ1) is 31.4. The number of halogens is 4. The molecule has 1 saturated heterocycles. The van der Waals surface area contributed by atoms with E-state index in [0.717, 1.165) is 24.3 Å². The highest BCUT2D eigenvalue weighted by Crippen LogP contribution is 2.48. The summed E-state index contributed by atoms with van der Waals surface area (Å²) in [4.78, 5) is 67.2. The van der Waals surface area contributed by atoms with Crippen molar-refractivity contribution >= 4 is 55.9 Å². The quantitative estimate of drug-likeness (QED) is 0.106. The minimum Gasteiger partial charge on any atom is -0.470 e. The molecule has 346 valence electrons. The fourth-order valence-electron chi connectivity index (χ4n) is 8.47. The fraction of sp³-hybridized carbons (Fsp3) is 0.391. The first kappa shape index (κ1) is 44.6. The number of aromatic nitrogens is 2. The van der Waals surface area contributed by atoms with Crippen LogP contribution in [0.2, 0.25) is 0 Å². The summed E-state index contributed by atoms with van der Waals surface area (Å²) in [6, 6.07) is 13.2. The molecule has 0 unspecified atom stereocenters. The first-order valence-electron chi connectivity index (χ1n) is 21.6. The average Bonchev–Trinajstić information content (AvgIpc) is 4.10. The largest absolute Gasteiger partial charge is 0.470 e. The maximum atomic E-state index is 14.8. The molecule has 3 aromatic carbocycles. The van der Waals surface area contributed by atoms with Gasteiger partial charge in [-0.05, 0) is 94.0 Å². The predicted octanol–water partition coefficient (Wildman–Crippen LogP) is 7.10. The molecule has 66 heavy (non-hydrogen) atoms. The van der Waals surface area contributed by atoms with Crippen molar-refractivity contribution in [2.75, 3.05) is 6.54 Å².